The number of aliphatic hydroxyl groups excluding tert-OH is 1. The molecule has 0 aromatic rings. The molecular weight excluding hydrogens is 335 g/mol. The first-order chi connectivity index (χ1) is 11.0. The molecule has 2 saturated heterocycles. The predicted octanol–water partition coefficient (Wildman–Crippen LogP) is 0.821. The number of fused-ring (bicyclic) bond motifs is 1. The van der Waals surface area contributed by atoms with Gasteiger partial charge < -0.3 is 29.4 Å². The summed E-state index contributed by atoms with van der Waals surface area (Å²) in [7, 11) is 0. The lowest BCUT2D eigenvalue weighted by Crippen LogP contribution is -2.69. The van der Waals surface area contributed by atoms with E-state index in [1.54, 1.807) is 26.1 Å². The number of hydrogen-bond donors (Lipinski definition) is 2. The SMILES string of the molecule is C/C=C\O[C@H]1O[C@@H]2COC(C)(C)O[C@H]2[C@H](O)[C@H]1NC(=O)C(F)(F)F. The van der Waals surface area contributed by atoms with E-state index < -0.39 is 48.5 Å². The number of carbonyl (C=O) groups excluding carboxylic acids is 1. The molecule has 0 aliphatic carbocycles. The largest absolute Gasteiger partial charge is 0.471 e. The topological polar surface area (TPSA) is 86.2 Å². The molecule has 2 rings (SSSR count). The maximum atomic E-state index is 12.5. The second-order valence-electron chi connectivity index (χ2n) is 5.93. The molecular formula is C14H20F3NO6. The summed E-state index contributed by atoms with van der Waals surface area (Å²) >= 11 is 0. The normalized spacial score (nSPS) is 36.2. The Labute approximate surface area is 136 Å². The lowest BCUT2D eigenvalue weighted by atomic mass is 9.95. The summed E-state index contributed by atoms with van der Waals surface area (Å²) in [4.78, 5) is 11.2. The van der Waals surface area contributed by atoms with Crippen molar-refractivity contribution in [3.63, 3.8) is 0 Å². The van der Waals surface area contributed by atoms with Crippen LogP contribution < -0.4 is 5.32 Å². The molecule has 0 spiro atoms. The van der Waals surface area contributed by atoms with E-state index in [1.165, 1.54) is 12.3 Å². The van der Waals surface area contributed by atoms with Crippen LogP contribution in [0.4, 0.5) is 13.2 Å². The van der Waals surface area contributed by atoms with Crippen LogP contribution in [0, 0.1) is 0 Å². The number of rotatable bonds is 3. The molecule has 10 heteroatoms. The summed E-state index contributed by atoms with van der Waals surface area (Å²) < 4.78 is 59.2. The Kier molecular flexibility index (Phi) is 5.43. The summed E-state index contributed by atoms with van der Waals surface area (Å²) in [6.45, 7) is 4.88. The fourth-order valence-electron chi connectivity index (χ4n) is 2.50. The van der Waals surface area contributed by atoms with Gasteiger partial charge in [0.25, 0.3) is 0 Å². The molecule has 0 aromatic carbocycles. The van der Waals surface area contributed by atoms with Gasteiger partial charge in [-0.15, -0.1) is 0 Å². The van der Waals surface area contributed by atoms with Gasteiger partial charge in [-0.25, -0.2) is 0 Å². The van der Waals surface area contributed by atoms with Crippen LogP contribution in [0.25, 0.3) is 0 Å². The molecule has 5 atom stereocenters. The third kappa shape index (κ3) is 4.18. The Bertz CT molecular complexity index is 495. The van der Waals surface area contributed by atoms with E-state index in [0.717, 1.165) is 0 Å². The van der Waals surface area contributed by atoms with Crippen molar-refractivity contribution in [3.05, 3.63) is 12.3 Å². The number of halogens is 3. The van der Waals surface area contributed by atoms with Crippen molar-refractivity contribution in [1.82, 2.24) is 5.32 Å². The summed E-state index contributed by atoms with van der Waals surface area (Å²) in [5.41, 5.74) is 0. The Morgan fingerprint density at radius 2 is 2.08 bits per heavy atom. The summed E-state index contributed by atoms with van der Waals surface area (Å²) in [6, 6.07) is -1.47. The molecule has 0 bridgehead atoms. The van der Waals surface area contributed by atoms with Crippen LogP contribution in [0.15, 0.2) is 12.3 Å². The fraction of sp³-hybridized carbons (Fsp3) is 0.786. The summed E-state index contributed by atoms with van der Waals surface area (Å²) in [5.74, 6) is -3.24. The molecule has 0 unspecified atom stereocenters. The average molecular weight is 355 g/mol. The van der Waals surface area contributed by atoms with Crippen LogP contribution >= 0.6 is 0 Å². The standard InChI is InChI=1S/C14H20F3NO6/c1-4-5-21-11-8(18-12(20)14(15,16)17)9(19)10-7(23-11)6-22-13(2,3)24-10/h4-5,7-11,19H,6H2,1-3H3,(H,18,20)/b5-4-/t7-,8-,9-,10-,11+/m1/s1. The molecule has 2 N–H and O–H groups in total. The molecule has 2 aliphatic heterocycles. The van der Waals surface area contributed by atoms with Crippen LogP contribution in [0.1, 0.15) is 20.8 Å². The Hall–Kier alpha value is -1.36. The van der Waals surface area contributed by atoms with E-state index in [-0.39, 0.29) is 6.61 Å². The average Bonchev–Trinajstić information content (AvgIpc) is 2.47. The minimum absolute atomic E-state index is 0.0599. The van der Waals surface area contributed by atoms with Gasteiger partial charge in [0.05, 0.1) is 12.9 Å². The minimum atomic E-state index is -5.10. The van der Waals surface area contributed by atoms with Crippen molar-refractivity contribution in [2.45, 2.75) is 63.4 Å². The van der Waals surface area contributed by atoms with Gasteiger partial charge in [0.2, 0.25) is 6.29 Å². The molecule has 1 amide bonds. The highest BCUT2D eigenvalue weighted by atomic mass is 19.4. The maximum absolute atomic E-state index is 12.5. The van der Waals surface area contributed by atoms with E-state index in [0.29, 0.717) is 0 Å². The number of hydrogen-bond acceptors (Lipinski definition) is 6. The lowest BCUT2D eigenvalue weighted by molar-refractivity contribution is -0.364. The number of carbonyl (C=O) groups is 1. The first kappa shape index (κ1) is 19.0. The van der Waals surface area contributed by atoms with Gasteiger partial charge in [0.15, 0.2) is 5.79 Å². The van der Waals surface area contributed by atoms with Crippen LogP contribution in [0.3, 0.4) is 0 Å². The molecule has 2 fully saturated rings. The number of allylic oxidation sites excluding steroid dienone is 1. The fourth-order valence-corrected chi connectivity index (χ4v) is 2.50. The Morgan fingerprint density at radius 3 is 2.67 bits per heavy atom. The van der Waals surface area contributed by atoms with Crippen molar-refractivity contribution < 1.29 is 42.0 Å². The number of alkyl halides is 3. The quantitative estimate of drug-likeness (QED) is 0.729. The van der Waals surface area contributed by atoms with Gasteiger partial charge in [-0.1, -0.05) is 6.08 Å². The highest BCUT2D eigenvalue weighted by molar-refractivity contribution is 5.82. The monoisotopic (exact) mass is 355 g/mol. The van der Waals surface area contributed by atoms with Gasteiger partial charge in [-0.05, 0) is 20.8 Å². The van der Waals surface area contributed by atoms with E-state index >= 15 is 0 Å². The highest BCUT2D eigenvalue weighted by Crippen LogP contribution is 2.33. The van der Waals surface area contributed by atoms with Crippen LogP contribution in [0.5, 0.6) is 0 Å². The Morgan fingerprint density at radius 1 is 1.42 bits per heavy atom. The van der Waals surface area contributed by atoms with E-state index in [4.69, 9.17) is 18.9 Å². The zero-order valence-corrected chi connectivity index (χ0v) is 13.4. The summed E-state index contributed by atoms with van der Waals surface area (Å²) in [5, 5.41) is 12.1. The molecule has 138 valence electrons. The number of ether oxygens (including phenoxy) is 4. The van der Waals surface area contributed by atoms with E-state index in [2.05, 4.69) is 0 Å². The van der Waals surface area contributed by atoms with Crippen LogP contribution in [0.2, 0.25) is 0 Å². The molecule has 2 aliphatic rings. The zero-order valence-electron chi connectivity index (χ0n) is 13.4. The zero-order chi connectivity index (χ0) is 18.1. The Balaban J connectivity index is 2.20. The third-order valence-electron chi connectivity index (χ3n) is 3.59. The predicted molar refractivity (Wildman–Crippen MR) is 73.5 cm³/mol. The molecule has 7 nitrogen and oxygen atoms in total. The molecule has 24 heavy (non-hydrogen) atoms. The minimum Gasteiger partial charge on any atom is -0.471 e. The molecule has 2 heterocycles. The van der Waals surface area contributed by atoms with Gasteiger partial charge in [0.1, 0.15) is 24.4 Å². The number of aliphatic hydroxyl groups is 1. The maximum Gasteiger partial charge on any atom is 0.471 e. The van der Waals surface area contributed by atoms with Crippen molar-refractivity contribution in [1.29, 1.82) is 0 Å². The van der Waals surface area contributed by atoms with Gasteiger partial charge in [-0.2, -0.15) is 13.2 Å². The van der Waals surface area contributed by atoms with Crippen LogP contribution in [-0.4, -0.2) is 60.2 Å². The first-order valence-corrected chi connectivity index (χ1v) is 7.35. The summed E-state index contributed by atoms with van der Waals surface area (Å²) in [6.07, 6.45) is -6.94. The number of amides is 1. The van der Waals surface area contributed by atoms with Crippen molar-refractivity contribution in [2.75, 3.05) is 6.61 Å². The van der Waals surface area contributed by atoms with Gasteiger partial charge in [0, 0.05) is 0 Å². The molecule has 0 aromatic heterocycles. The second-order valence-corrected chi connectivity index (χ2v) is 5.93. The van der Waals surface area contributed by atoms with E-state index in [1.807, 2.05) is 0 Å². The smallest absolute Gasteiger partial charge is 0.471 e. The van der Waals surface area contributed by atoms with Crippen molar-refractivity contribution >= 4 is 5.91 Å². The van der Waals surface area contributed by atoms with Crippen molar-refractivity contribution in [3.8, 4) is 0 Å². The number of nitrogens with one attached hydrogen (secondary N) is 1. The van der Waals surface area contributed by atoms with Crippen LogP contribution in [-0.2, 0) is 23.7 Å². The second kappa shape index (κ2) is 6.87. The van der Waals surface area contributed by atoms with Gasteiger partial charge >= 0.3 is 12.1 Å². The third-order valence-corrected chi connectivity index (χ3v) is 3.59. The van der Waals surface area contributed by atoms with Crippen molar-refractivity contribution in [2.24, 2.45) is 0 Å². The molecule has 0 saturated carbocycles. The van der Waals surface area contributed by atoms with Gasteiger partial charge in [-0.3, -0.25) is 4.79 Å². The van der Waals surface area contributed by atoms with E-state index in [9.17, 15) is 23.1 Å². The molecule has 0 radical (unpaired) electrons. The lowest BCUT2D eigenvalue weighted by Gasteiger charge is -2.49. The first-order valence-electron chi connectivity index (χ1n) is 7.35. The highest BCUT2D eigenvalue weighted by Gasteiger charge is 2.53.